The van der Waals surface area contributed by atoms with Crippen molar-refractivity contribution in [2.75, 3.05) is 25.0 Å². The number of pyridine rings is 1. The smallest absolute Gasteiger partial charge is 0.191 e. The normalized spacial score (nSPS) is 19.1. The number of aryl methyl sites for hydroxylation is 1. The highest BCUT2D eigenvalue weighted by atomic mass is 127. The van der Waals surface area contributed by atoms with Gasteiger partial charge in [-0.3, -0.25) is 4.99 Å². The molecular formula is C18H26FIN8. The number of nitrogens with one attached hydrogen (secondary N) is 2. The maximum atomic E-state index is 13.9. The molecule has 2 N–H and O–H groups in total. The Balaban J connectivity index is 0.00000225. The van der Waals surface area contributed by atoms with Crippen LogP contribution >= 0.6 is 24.0 Å². The molecule has 2 aromatic rings. The molecule has 4 heterocycles. The van der Waals surface area contributed by atoms with Gasteiger partial charge in [-0.25, -0.2) is 9.37 Å². The summed E-state index contributed by atoms with van der Waals surface area (Å²) in [4.78, 5) is 10.4. The number of hydrogen-bond donors (Lipinski definition) is 2. The van der Waals surface area contributed by atoms with Crippen molar-refractivity contribution in [1.29, 1.82) is 0 Å². The summed E-state index contributed by atoms with van der Waals surface area (Å²) in [7, 11) is 1.75. The second-order valence-electron chi connectivity index (χ2n) is 6.95. The fraction of sp³-hybridized carbons (Fsp3) is 0.556. The van der Waals surface area contributed by atoms with E-state index in [1.165, 1.54) is 18.9 Å². The minimum Gasteiger partial charge on any atom is -0.352 e. The van der Waals surface area contributed by atoms with Crippen molar-refractivity contribution in [3.63, 3.8) is 0 Å². The highest BCUT2D eigenvalue weighted by Crippen LogP contribution is 2.20. The van der Waals surface area contributed by atoms with Crippen LogP contribution in [0.5, 0.6) is 0 Å². The molecule has 0 radical (unpaired) electrons. The number of fused-ring (bicyclic) bond motifs is 1. The number of nitrogens with zero attached hydrogens (tertiary/aromatic N) is 6. The van der Waals surface area contributed by atoms with Gasteiger partial charge in [0.15, 0.2) is 23.4 Å². The standard InChI is InChI=1S/C18H25FN8.HI/c1-20-18(22-11-16-25-24-15-6-2-3-9-27(15)16)23-13-7-10-26(12-13)17-14(19)5-4-8-21-17;/h4-5,8,13H,2-3,6-7,9-12H2,1H3,(H2,20,22,23);1H. The van der Waals surface area contributed by atoms with E-state index >= 15 is 0 Å². The molecule has 0 bridgehead atoms. The molecule has 0 aromatic carbocycles. The molecule has 2 aromatic heterocycles. The monoisotopic (exact) mass is 500 g/mol. The summed E-state index contributed by atoms with van der Waals surface area (Å²) in [5.41, 5.74) is 0. The van der Waals surface area contributed by atoms with E-state index < -0.39 is 0 Å². The fourth-order valence-electron chi connectivity index (χ4n) is 3.73. The van der Waals surface area contributed by atoms with Crippen molar-refractivity contribution in [2.45, 2.75) is 44.8 Å². The molecule has 1 unspecified atom stereocenters. The van der Waals surface area contributed by atoms with Crippen molar-refractivity contribution < 1.29 is 4.39 Å². The summed E-state index contributed by atoms with van der Waals surface area (Å²) >= 11 is 0. The Kier molecular flexibility index (Phi) is 7.03. The van der Waals surface area contributed by atoms with Crippen LogP contribution in [0.2, 0.25) is 0 Å². The van der Waals surface area contributed by atoms with E-state index in [0.29, 0.717) is 18.9 Å². The number of guanidine groups is 1. The molecule has 1 fully saturated rings. The first-order valence-corrected chi connectivity index (χ1v) is 9.48. The predicted octanol–water partition coefficient (Wildman–Crippen LogP) is 1.71. The molecule has 2 aliphatic rings. The van der Waals surface area contributed by atoms with E-state index in [1.807, 2.05) is 4.90 Å². The molecule has 8 nitrogen and oxygen atoms in total. The highest BCUT2D eigenvalue weighted by molar-refractivity contribution is 14.0. The summed E-state index contributed by atoms with van der Waals surface area (Å²) in [6.45, 7) is 3.02. The van der Waals surface area contributed by atoms with Gasteiger partial charge in [-0.15, -0.1) is 34.2 Å². The lowest BCUT2D eigenvalue weighted by Gasteiger charge is -2.20. The zero-order valence-electron chi connectivity index (χ0n) is 15.9. The second kappa shape index (κ2) is 9.48. The van der Waals surface area contributed by atoms with Crippen LogP contribution < -0.4 is 15.5 Å². The van der Waals surface area contributed by atoms with E-state index in [-0.39, 0.29) is 35.8 Å². The number of hydrogen-bond acceptors (Lipinski definition) is 5. The maximum absolute atomic E-state index is 13.9. The molecule has 1 atom stereocenters. The summed E-state index contributed by atoms with van der Waals surface area (Å²) in [6.07, 6.45) is 5.88. The number of aromatic nitrogens is 4. The van der Waals surface area contributed by atoms with E-state index in [4.69, 9.17) is 0 Å². The van der Waals surface area contributed by atoms with E-state index in [1.54, 1.807) is 19.3 Å². The number of halogens is 2. The first kappa shape index (κ1) is 20.7. The Hall–Kier alpha value is -1.98. The molecule has 1 saturated heterocycles. The quantitative estimate of drug-likeness (QED) is 0.378. The zero-order chi connectivity index (χ0) is 18.6. The van der Waals surface area contributed by atoms with Crippen LogP contribution in [0, 0.1) is 5.82 Å². The van der Waals surface area contributed by atoms with Gasteiger partial charge in [-0.2, -0.15) is 0 Å². The second-order valence-corrected chi connectivity index (χ2v) is 6.95. The Morgan fingerprint density at radius 1 is 1.32 bits per heavy atom. The number of anilines is 1. The van der Waals surface area contributed by atoms with Crippen LogP contribution in [-0.2, 0) is 19.5 Å². The van der Waals surface area contributed by atoms with Gasteiger partial charge >= 0.3 is 0 Å². The first-order chi connectivity index (χ1) is 13.2. The predicted molar refractivity (Wildman–Crippen MR) is 117 cm³/mol. The van der Waals surface area contributed by atoms with Gasteiger partial charge in [-0.05, 0) is 31.4 Å². The molecule has 2 aliphatic heterocycles. The number of aliphatic imine (C=N–C) groups is 1. The van der Waals surface area contributed by atoms with Gasteiger partial charge in [0.2, 0.25) is 0 Å². The largest absolute Gasteiger partial charge is 0.352 e. The minimum atomic E-state index is -0.280. The topological polar surface area (TPSA) is 83.3 Å². The van der Waals surface area contributed by atoms with Crippen molar-refractivity contribution >= 4 is 35.8 Å². The van der Waals surface area contributed by atoms with Crippen LogP contribution in [0.15, 0.2) is 23.3 Å². The lowest BCUT2D eigenvalue weighted by Crippen LogP contribution is -2.44. The van der Waals surface area contributed by atoms with Gasteiger partial charge in [0.1, 0.15) is 5.82 Å². The third kappa shape index (κ3) is 4.53. The van der Waals surface area contributed by atoms with Crippen molar-refractivity contribution in [3.8, 4) is 0 Å². The minimum absolute atomic E-state index is 0. The van der Waals surface area contributed by atoms with E-state index in [0.717, 1.165) is 43.5 Å². The molecule has 4 rings (SSSR count). The Bertz CT molecular complexity index is 824. The zero-order valence-corrected chi connectivity index (χ0v) is 18.3. The summed E-state index contributed by atoms with van der Waals surface area (Å²) in [5.74, 6) is 2.87. The van der Waals surface area contributed by atoms with Gasteiger partial charge in [-0.1, -0.05) is 0 Å². The summed E-state index contributed by atoms with van der Waals surface area (Å²) in [6, 6.07) is 3.24. The van der Waals surface area contributed by atoms with Crippen molar-refractivity contribution in [1.82, 2.24) is 30.4 Å². The summed E-state index contributed by atoms with van der Waals surface area (Å²) in [5, 5.41) is 15.3. The van der Waals surface area contributed by atoms with Gasteiger partial charge in [0, 0.05) is 45.3 Å². The fourth-order valence-corrected chi connectivity index (χ4v) is 3.73. The molecule has 0 amide bonds. The molecule has 152 valence electrons. The van der Waals surface area contributed by atoms with Crippen LogP contribution in [0.1, 0.15) is 30.9 Å². The van der Waals surface area contributed by atoms with Gasteiger partial charge < -0.3 is 20.1 Å². The Morgan fingerprint density at radius 2 is 2.21 bits per heavy atom. The molecule has 0 aliphatic carbocycles. The molecule has 0 spiro atoms. The van der Waals surface area contributed by atoms with Crippen molar-refractivity contribution in [2.24, 2.45) is 4.99 Å². The number of rotatable bonds is 4. The third-order valence-corrected chi connectivity index (χ3v) is 5.14. The lowest BCUT2D eigenvalue weighted by molar-refractivity contribution is 0.504. The molecule has 10 heteroatoms. The SMILES string of the molecule is CN=C(NCc1nnc2n1CCCC2)NC1CCN(c2ncccc2F)C1.I. The van der Waals surface area contributed by atoms with E-state index in [2.05, 4.69) is 35.4 Å². The Morgan fingerprint density at radius 3 is 3.04 bits per heavy atom. The molecular weight excluding hydrogens is 474 g/mol. The average molecular weight is 500 g/mol. The molecule has 28 heavy (non-hydrogen) atoms. The Labute approximate surface area is 181 Å². The van der Waals surface area contributed by atoms with Crippen LogP contribution in [0.4, 0.5) is 10.2 Å². The highest BCUT2D eigenvalue weighted by Gasteiger charge is 2.26. The molecule has 0 saturated carbocycles. The third-order valence-electron chi connectivity index (χ3n) is 5.14. The van der Waals surface area contributed by atoms with Crippen LogP contribution in [-0.4, -0.2) is 51.9 Å². The average Bonchev–Trinajstić information content (AvgIpc) is 3.32. The lowest BCUT2D eigenvalue weighted by atomic mass is 10.2. The van der Waals surface area contributed by atoms with Crippen LogP contribution in [0.25, 0.3) is 0 Å². The van der Waals surface area contributed by atoms with Gasteiger partial charge in [0.05, 0.1) is 6.54 Å². The van der Waals surface area contributed by atoms with Gasteiger partial charge in [0.25, 0.3) is 0 Å². The van der Waals surface area contributed by atoms with E-state index in [9.17, 15) is 4.39 Å². The van der Waals surface area contributed by atoms with Crippen LogP contribution in [0.3, 0.4) is 0 Å². The maximum Gasteiger partial charge on any atom is 0.191 e. The summed E-state index contributed by atoms with van der Waals surface area (Å²) < 4.78 is 16.1. The van der Waals surface area contributed by atoms with Crippen molar-refractivity contribution in [3.05, 3.63) is 35.8 Å². The first-order valence-electron chi connectivity index (χ1n) is 9.48.